The number of carboxylic acid groups (broad SMARTS) is 1. The molecule has 0 aliphatic carbocycles. The Bertz CT molecular complexity index is 621. The Balaban J connectivity index is 1.99. The van der Waals surface area contributed by atoms with Crippen LogP contribution in [-0.2, 0) is 22.3 Å². The van der Waals surface area contributed by atoms with Crippen molar-refractivity contribution in [2.45, 2.75) is 18.4 Å². The fourth-order valence-corrected chi connectivity index (χ4v) is 2.79. The molecule has 0 aliphatic heterocycles. The van der Waals surface area contributed by atoms with Gasteiger partial charge in [0.05, 0.1) is 5.75 Å². The molecule has 1 heterocycles. The molecule has 1 aromatic carbocycles. The van der Waals surface area contributed by atoms with Gasteiger partial charge < -0.3 is 9.63 Å². The Kier molecular flexibility index (Phi) is 4.11. The van der Waals surface area contributed by atoms with E-state index in [1.807, 2.05) is 31.2 Å². The van der Waals surface area contributed by atoms with Gasteiger partial charge in [-0.3, -0.25) is 4.21 Å². The molecule has 0 saturated carbocycles. The van der Waals surface area contributed by atoms with E-state index in [0.29, 0.717) is 11.5 Å². The fraction of sp³-hybridized carbons (Fsp3) is 0.231. The van der Waals surface area contributed by atoms with E-state index >= 15 is 0 Å². The lowest BCUT2D eigenvalue weighted by molar-refractivity contribution is 0.0685. The number of carboxylic acids is 1. The van der Waals surface area contributed by atoms with Crippen LogP contribution in [0.1, 0.15) is 27.4 Å². The summed E-state index contributed by atoms with van der Waals surface area (Å²) in [7, 11) is -1.16. The SMILES string of the molecule is Cc1cccc(CS(=O)Cc2cc(C(=O)O)no2)c1. The molecule has 0 bridgehead atoms. The summed E-state index contributed by atoms with van der Waals surface area (Å²) < 4.78 is 16.8. The van der Waals surface area contributed by atoms with E-state index in [-0.39, 0.29) is 11.4 Å². The van der Waals surface area contributed by atoms with Crippen molar-refractivity contribution < 1.29 is 18.6 Å². The van der Waals surface area contributed by atoms with E-state index < -0.39 is 16.8 Å². The van der Waals surface area contributed by atoms with Crippen molar-refractivity contribution in [3.05, 3.63) is 52.9 Å². The average Bonchev–Trinajstić information content (AvgIpc) is 2.77. The molecular formula is C13H13NO4S. The third-order valence-electron chi connectivity index (χ3n) is 2.49. The highest BCUT2D eigenvalue weighted by Gasteiger charge is 2.13. The maximum atomic E-state index is 11.9. The van der Waals surface area contributed by atoms with Crippen LogP contribution in [0.15, 0.2) is 34.9 Å². The fourth-order valence-electron chi connectivity index (χ4n) is 1.68. The zero-order valence-electron chi connectivity index (χ0n) is 10.3. The quantitative estimate of drug-likeness (QED) is 0.906. The monoisotopic (exact) mass is 279 g/mol. The molecule has 0 amide bonds. The van der Waals surface area contributed by atoms with E-state index in [9.17, 15) is 9.00 Å². The minimum Gasteiger partial charge on any atom is -0.476 e. The number of aromatic nitrogens is 1. The van der Waals surface area contributed by atoms with Crippen molar-refractivity contribution in [2.24, 2.45) is 0 Å². The summed E-state index contributed by atoms with van der Waals surface area (Å²) in [5, 5.41) is 12.1. The van der Waals surface area contributed by atoms with Gasteiger partial charge in [0.1, 0.15) is 5.76 Å². The van der Waals surface area contributed by atoms with Crippen molar-refractivity contribution in [1.82, 2.24) is 5.16 Å². The van der Waals surface area contributed by atoms with Crippen molar-refractivity contribution in [3.63, 3.8) is 0 Å². The predicted octanol–water partition coefficient (Wildman–Crippen LogP) is 2.13. The second-order valence-corrected chi connectivity index (χ2v) is 5.66. The first-order valence-corrected chi connectivity index (χ1v) is 7.13. The number of hydrogen-bond acceptors (Lipinski definition) is 4. The van der Waals surface area contributed by atoms with Crippen LogP contribution >= 0.6 is 0 Å². The number of rotatable bonds is 5. The highest BCUT2D eigenvalue weighted by molar-refractivity contribution is 7.83. The standard InChI is InChI=1S/C13H13NO4S/c1-9-3-2-4-10(5-9)7-19(17)8-11-6-12(13(15)16)14-18-11/h2-6H,7-8H2,1H3,(H,15,16). The molecule has 1 unspecified atom stereocenters. The number of carbonyl (C=O) groups is 1. The van der Waals surface area contributed by atoms with E-state index in [2.05, 4.69) is 5.16 Å². The lowest BCUT2D eigenvalue weighted by Gasteiger charge is -2.01. The zero-order valence-corrected chi connectivity index (χ0v) is 11.1. The Labute approximate surface area is 112 Å². The van der Waals surface area contributed by atoms with Gasteiger partial charge in [-0.25, -0.2) is 4.79 Å². The molecule has 6 heteroatoms. The first-order valence-electron chi connectivity index (χ1n) is 5.64. The minimum atomic E-state index is -1.16. The molecular weight excluding hydrogens is 266 g/mol. The van der Waals surface area contributed by atoms with Crippen LogP contribution in [0.2, 0.25) is 0 Å². The van der Waals surface area contributed by atoms with Gasteiger partial charge in [-0.05, 0) is 12.5 Å². The summed E-state index contributed by atoms with van der Waals surface area (Å²) in [4.78, 5) is 10.6. The molecule has 0 saturated heterocycles. The molecule has 100 valence electrons. The largest absolute Gasteiger partial charge is 0.476 e. The van der Waals surface area contributed by atoms with E-state index in [4.69, 9.17) is 9.63 Å². The van der Waals surface area contributed by atoms with E-state index in [1.54, 1.807) is 0 Å². The van der Waals surface area contributed by atoms with Gasteiger partial charge in [-0.1, -0.05) is 35.0 Å². The summed E-state index contributed by atoms with van der Waals surface area (Å²) in [6, 6.07) is 9.08. The van der Waals surface area contributed by atoms with Crippen LogP contribution in [0.4, 0.5) is 0 Å². The number of benzene rings is 1. The van der Waals surface area contributed by atoms with Crippen molar-refractivity contribution in [3.8, 4) is 0 Å². The highest BCUT2D eigenvalue weighted by Crippen LogP contribution is 2.11. The third kappa shape index (κ3) is 3.75. The number of aryl methyl sites for hydroxylation is 1. The predicted molar refractivity (Wildman–Crippen MR) is 70.2 cm³/mol. The molecule has 0 spiro atoms. The van der Waals surface area contributed by atoms with Crippen molar-refractivity contribution in [2.75, 3.05) is 0 Å². The van der Waals surface area contributed by atoms with Crippen LogP contribution in [0, 0.1) is 6.92 Å². The Hall–Kier alpha value is -1.95. The van der Waals surface area contributed by atoms with Gasteiger partial charge >= 0.3 is 5.97 Å². The molecule has 1 atom stereocenters. The van der Waals surface area contributed by atoms with Gasteiger partial charge in [-0.2, -0.15) is 0 Å². The molecule has 0 radical (unpaired) electrons. The third-order valence-corrected chi connectivity index (χ3v) is 3.75. The van der Waals surface area contributed by atoms with E-state index in [0.717, 1.165) is 11.1 Å². The molecule has 2 aromatic rings. The zero-order chi connectivity index (χ0) is 13.8. The summed E-state index contributed by atoms with van der Waals surface area (Å²) in [6.07, 6.45) is 0. The van der Waals surface area contributed by atoms with Crippen LogP contribution in [0.3, 0.4) is 0 Å². The summed E-state index contributed by atoms with van der Waals surface area (Å²) in [5.74, 6) is -0.262. The maximum absolute atomic E-state index is 11.9. The molecule has 5 nitrogen and oxygen atoms in total. The second kappa shape index (κ2) is 5.79. The first-order chi connectivity index (χ1) is 9.04. The van der Waals surface area contributed by atoms with Crippen LogP contribution in [0.25, 0.3) is 0 Å². The van der Waals surface area contributed by atoms with Crippen LogP contribution in [-0.4, -0.2) is 20.4 Å². The first kappa shape index (κ1) is 13.5. The average molecular weight is 279 g/mol. The molecule has 19 heavy (non-hydrogen) atoms. The number of hydrogen-bond donors (Lipinski definition) is 1. The van der Waals surface area contributed by atoms with Gasteiger partial charge in [0.15, 0.2) is 5.69 Å². The van der Waals surface area contributed by atoms with E-state index in [1.165, 1.54) is 6.07 Å². The number of nitrogens with zero attached hydrogens (tertiary/aromatic N) is 1. The van der Waals surface area contributed by atoms with Gasteiger partial charge in [0.25, 0.3) is 0 Å². The topological polar surface area (TPSA) is 80.4 Å². The minimum absolute atomic E-state index is 0.161. The Morgan fingerprint density at radius 3 is 2.79 bits per heavy atom. The summed E-state index contributed by atoms with van der Waals surface area (Å²) in [5.41, 5.74) is 1.93. The van der Waals surface area contributed by atoms with Crippen molar-refractivity contribution >= 4 is 16.8 Å². The normalized spacial score (nSPS) is 12.3. The highest BCUT2D eigenvalue weighted by atomic mass is 32.2. The Morgan fingerprint density at radius 1 is 1.37 bits per heavy atom. The van der Waals surface area contributed by atoms with Gasteiger partial charge in [0.2, 0.25) is 0 Å². The maximum Gasteiger partial charge on any atom is 0.358 e. The molecule has 0 aliphatic rings. The van der Waals surface area contributed by atoms with Crippen LogP contribution < -0.4 is 0 Å². The summed E-state index contributed by atoms with van der Waals surface area (Å²) in [6.45, 7) is 1.97. The molecule has 0 fully saturated rings. The molecule has 2 rings (SSSR count). The Morgan fingerprint density at radius 2 is 2.16 bits per heavy atom. The lowest BCUT2D eigenvalue weighted by Crippen LogP contribution is -1.99. The van der Waals surface area contributed by atoms with Crippen molar-refractivity contribution in [1.29, 1.82) is 0 Å². The lowest BCUT2D eigenvalue weighted by atomic mass is 10.2. The molecule has 1 N–H and O–H groups in total. The summed E-state index contributed by atoms with van der Waals surface area (Å²) >= 11 is 0. The smallest absolute Gasteiger partial charge is 0.358 e. The van der Waals surface area contributed by atoms with Crippen LogP contribution in [0.5, 0.6) is 0 Å². The van der Waals surface area contributed by atoms with Gasteiger partial charge in [-0.15, -0.1) is 0 Å². The second-order valence-electron chi connectivity index (χ2n) is 4.20. The number of aromatic carboxylic acids is 1. The van der Waals surface area contributed by atoms with Gasteiger partial charge in [0, 0.05) is 22.6 Å². The molecule has 1 aromatic heterocycles.